The van der Waals surface area contributed by atoms with Crippen LogP contribution in [0.25, 0.3) is 0 Å². The molecule has 2 unspecified atom stereocenters. The Bertz CT molecular complexity index is 353. The van der Waals surface area contributed by atoms with Crippen LogP contribution >= 0.6 is 15.9 Å². The summed E-state index contributed by atoms with van der Waals surface area (Å²) in [6.07, 6.45) is 1.31. The molecule has 1 aromatic carbocycles. The van der Waals surface area contributed by atoms with Gasteiger partial charge in [0.15, 0.2) is 0 Å². The van der Waals surface area contributed by atoms with Crippen molar-refractivity contribution in [3.05, 3.63) is 34.1 Å². The van der Waals surface area contributed by atoms with Crippen LogP contribution in [0.4, 0.5) is 4.39 Å². The Morgan fingerprint density at radius 1 is 1.53 bits per heavy atom. The van der Waals surface area contributed by atoms with Crippen LogP contribution in [-0.4, -0.2) is 6.54 Å². The van der Waals surface area contributed by atoms with Crippen LogP contribution in [0.5, 0.6) is 0 Å². The molecule has 15 heavy (non-hydrogen) atoms. The Labute approximate surface area is 98.2 Å². The summed E-state index contributed by atoms with van der Waals surface area (Å²) in [5.74, 6) is 1.53. The first kappa shape index (κ1) is 11.1. The van der Waals surface area contributed by atoms with E-state index in [0.717, 1.165) is 28.4 Å². The summed E-state index contributed by atoms with van der Waals surface area (Å²) in [5, 5.41) is 3.30. The number of benzene rings is 1. The van der Waals surface area contributed by atoms with Gasteiger partial charge in [-0.3, -0.25) is 0 Å². The van der Waals surface area contributed by atoms with Crippen molar-refractivity contribution < 1.29 is 4.39 Å². The number of halogens is 2. The van der Waals surface area contributed by atoms with Crippen LogP contribution in [-0.2, 0) is 6.54 Å². The molecular weight excluding hydrogens is 257 g/mol. The number of rotatable bonds is 4. The minimum Gasteiger partial charge on any atom is -0.312 e. The van der Waals surface area contributed by atoms with E-state index in [2.05, 4.69) is 28.2 Å². The van der Waals surface area contributed by atoms with Crippen molar-refractivity contribution in [3.8, 4) is 0 Å². The second-order valence-electron chi connectivity index (χ2n) is 4.34. The van der Waals surface area contributed by atoms with Gasteiger partial charge in [-0.1, -0.05) is 22.9 Å². The van der Waals surface area contributed by atoms with Crippen molar-refractivity contribution in [2.75, 3.05) is 6.54 Å². The summed E-state index contributed by atoms with van der Waals surface area (Å²) in [6.45, 7) is 3.88. The summed E-state index contributed by atoms with van der Waals surface area (Å²) in [7, 11) is 0. The number of hydrogen-bond donors (Lipinski definition) is 1. The predicted octanol–water partition coefficient (Wildman–Crippen LogP) is 3.33. The largest absolute Gasteiger partial charge is 0.312 e. The molecule has 0 aromatic heterocycles. The van der Waals surface area contributed by atoms with Gasteiger partial charge in [-0.2, -0.15) is 0 Å². The minimum absolute atomic E-state index is 0.130. The molecule has 0 saturated heterocycles. The predicted molar refractivity (Wildman–Crippen MR) is 63.1 cm³/mol. The monoisotopic (exact) mass is 271 g/mol. The van der Waals surface area contributed by atoms with Gasteiger partial charge in [0.25, 0.3) is 0 Å². The molecule has 1 aromatic rings. The highest BCUT2D eigenvalue weighted by Gasteiger charge is 2.31. The van der Waals surface area contributed by atoms with Gasteiger partial charge in [0.2, 0.25) is 0 Å². The summed E-state index contributed by atoms with van der Waals surface area (Å²) >= 11 is 3.34. The lowest BCUT2D eigenvalue weighted by Crippen LogP contribution is -2.17. The zero-order valence-corrected chi connectivity index (χ0v) is 10.3. The fourth-order valence-electron chi connectivity index (χ4n) is 1.75. The maximum absolute atomic E-state index is 13.3. The maximum atomic E-state index is 13.3. The van der Waals surface area contributed by atoms with Crippen molar-refractivity contribution in [3.63, 3.8) is 0 Å². The van der Waals surface area contributed by atoms with E-state index < -0.39 is 0 Å². The van der Waals surface area contributed by atoms with Gasteiger partial charge in [-0.05, 0) is 43.0 Å². The molecule has 0 heterocycles. The highest BCUT2D eigenvalue weighted by molar-refractivity contribution is 9.10. The fourth-order valence-corrected chi connectivity index (χ4v) is 2.16. The molecule has 82 valence electrons. The van der Waals surface area contributed by atoms with E-state index in [4.69, 9.17) is 0 Å². The van der Waals surface area contributed by atoms with Crippen molar-refractivity contribution in [2.24, 2.45) is 11.8 Å². The van der Waals surface area contributed by atoms with E-state index in [1.54, 1.807) is 6.07 Å². The zero-order chi connectivity index (χ0) is 10.8. The van der Waals surface area contributed by atoms with Crippen LogP contribution in [0.1, 0.15) is 18.9 Å². The van der Waals surface area contributed by atoms with Crippen molar-refractivity contribution in [1.29, 1.82) is 0 Å². The molecule has 0 bridgehead atoms. The van der Waals surface area contributed by atoms with Gasteiger partial charge in [-0.25, -0.2) is 4.39 Å². The Balaban J connectivity index is 1.84. The standard InChI is InChI=1S/C12H15BrFN/c1-8-4-9(8)6-15-7-10-5-11(13)2-3-12(10)14/h2-3,5,8-9,15H,4,6-7H2,1H3. The van der Waals surface area contributed by atoms with Crippen LogP contribution in [0, 0.1) is 17.7 Å². The van der Waals surface area contributed by atoms with Crippen LogP contribution in [0.3, 0.4) is 0 Å². The third-order valence-electron chi connectivity index (χ3n) is 3.01. The summed E-state index contributed by atoms with van der Waals surface area (Å²) in [6, 6.07) is 5.06. The topological polar surface area (TPSA) is 12.0 Å². The SMILES string of the molecule is CC1CC1CNCc1cc(Br)ccc1F. The highest BCUT2D eigenvalue weighted by Crippen LogP contribution is 2.36. The van der Waals surface area contributed by atoms with Crippen LogP contribution in [0.15, 0.2) is 22.7 Å². The minimum atomic E-state index is -0.130. The molecule has 1 nitrogen and oxygen atoms in total. The quantitative estimate of drug-likeness (QED) is 0.886. The van der Waals surface area contributed by atoms with E-state index in [1.807, 2.05) is 6.07 Å². The number of hydrogen-bond acceptors (Lipinski definition) is 1. The molecule has 0 amide bonds. The molecule has 1 aliphatic rings. The smallest absolute Gasteiger partial charge is 0.127 e. The second-order valence-corrected chi connectivity index (χ2v) is 5.26. The van der Waals surface area contributed by atoms with Crippen molar-refractivity contribution >= 4 is 15.9 Å². The van der Waals surface area contributed by atoms with Crippen molar-refractivity contribution in [2.45, 2.75) is 19.9 Å². The third kappa shape index (κ3) is 3.02. The summed E-state index contributed by atoms with van der Waals surface area (Å²) < 4.78 is 14.3. The van der Waals surface area contributed by atoms with Gasteiger partial charge in [0.05, 0.1) is 0 Å². The average molecular weight is 272 g/mol. The molecule has 0 radical (unpaired) electrons. The third-order valence-corrected chi connectivity index (χ3v) is 3.50. The van der Waals surface area contributed by atoms with Crippen LogP contribution in [0.2, 0.25) is 0 Å². The van der Waals surface area contributed by atoms with E-state index in [-0.39, 0.29) is 5.82 Å². The number of nitrogens with one attached hydrogen (secondary N) is 1. The Morgan fingerprint density at radius 2 is 2.27 bits per heavy atom. The second kappa shape index (κ2) is 4.62. The Morgan fingerprint density at radius 3 is 2.93 bits per heavy atom. The van der Waals surface area contributed by atoms with E-state index in [1.165, 1.54) is 12.5 Å². The summed E-state index contributed by atoms with van der Waals surface area (Å²) in [4.78, 5) is 0. The summed E-state index contributed by atoms with van der Waals surface area (Å²) in [5.41, 5.74) is 0.734. The van der Waals surface area contributed by atoms with E-state index in [9.17, 15) is 4.39 Å². The van der Waals surface area contributed by atoms with Gasteiger partial charge in [0, 0.05) is 16.6 Å². The molecule has 1 fully saturated rings. The maximum Gasteiger partial charge on any atom is 0.127 e. The first-order valence-corrected chi connectivity index (χ1v) is 6.11. The highest BCUT2D eigenvalue weighted by atomic mass is 79.9. The van der Waals surface area contributed by atoms with E-state index >= 15 is 0 Å². The molecule has 0 aliphatic heterocycles. The average Bonchev–Trinajstić information content (AvgIpc) is 2.88. The van der Waals surface area contributed by atoms with Gasteiger partial charge in [-0.15, -0.1) is 0 Å². The molecule has 3 heteroatoms. The molecule has 1 aliphatic carbocycles. The normalized spacial score (nSPS) is 24.2. The molecule has 1 N–H and O–H groups in total. The lowest BCUT2D eigenvalue weighted by molar-refractivity contribution is 0.569. The Kier molecular flexibility index (Phi) is 3.42. The zero-order valence-electron chi connectivity index (χ0n) is 8.76. The molecule has 0 spiro atoms. The van der Waals surface area contributed by atoms with Gasteiger partial charge >= 0.3 is 0 Å². The van der Waals surface area contributed by atoms with Gasteiger partial charge in [0.1, 0.15) is 5.82 Å². The molecule has 1 saturated carbocycles. The molecular formula is C12H15BrFN. The van der Waals surface area contributed by atoms with Crippen LogP contribution < -0.4 is 5.32 Å². The Hall–Kier alpha value is -0.410. The molecule has 2 rings (SSSR count). The first-order chi connectivity index (χ1) is 7.16. The van der Waals surface area contributed by atoms with Gasteiger partial charge < -0.3 is 5.32 Å². The lowest BCUT2D eigenvalue weighted by atomic mass is 10.2. The first-order valence-electron chi connectivity index (χ1n) is 5.31. The lowest BCUT2D eigenvalue weighted by Gasteiger charge is -2.05. The fraction of sp³-hybridized carbons (Fsp3) is 0.500. The van der Waals surface area contributed by atoms with E-state index in [0.29, 0.717) is 6.54 Å². The van der Waals surface area contributed by atoms with Crippen molar-refractivity contribution in [1.82, 2.24) is 5.32 Å². The molecule has 2 atom stereocenters.